The van der Waals surface area contributed by atoms with E-state index in [0.717, 1.165) is 12.8 Å². The second kappa shape index (κ2) is 7.28. The molecule has 3 amide bonds. The van der Waals surface area contributed by atoms with Gasteiger partial charge in [-0.2, -0.15) is 0 Å². The summed E-state index contributed by atoms with van der Waals surface area (Å²) in [5, 5.41) is 8.43. The molecule has 0 bridgehead atoms. The van der Waals surface area contributed by atoms with Gasteiger partial charge in [0.25, 0.3) is 5.91 Å². The monoisotopic (exact) mass is 362 g/mol. The highest BCUT2D eigenvalue weighted by Gasteiger charge is 2.23. The summed E-state index contributed by atoms with van der Waals surface area (Å²) in [4.78, 5) is 32.3. The zero-order valence-electron chi connectivity index (χ0n) is 14.4. The first-order valence-electron chi connectivity index (χ1n) is 8.61. The first kappa shape index (κ1) is 16.8. The van der Waals surface area contributed by atoms with E-state index in [1.807, 2.05) is 0 Å². The van der Waals surface area contributed by atoms with Gasteiger partial charge in [-0.05, 0) is 49.2 Å². The third-order valence-electron chi connectivity index (χ3n) is 4.09. The van der Waals surface area contributed by atoms with E-state index in [1.165, 1.54) is 6.20 Å². The second-order valence-corrected chi connectivity index (χ2v) is 6.28. The molecule has 3 N–H and O–H groups in total. The summed E-state index contributed by atoms with van der Waals surface area (Å²) in [5.41, 5.74) is 1.74. The first-order valence-corrected chi connectivity index (χ1v) is 8.61. The Balaban J connectivity index is 1.35. The number of imidazole rings is 1. The van der Waals surface area contributed by atoms with E-state index >= 15 is 0 Å². The van der Waals surface area contributed by atoms with E-state index in [2.05, 4.69) is 25.9 Å². The van der Waals surface area contributed by atoms with E-state index in [1.54, 1.807) is 59.7 Å². The van der Waals surface area contributed by atoms with Crippen molar-refractivity contribution < 1.29 is 9.59 Å². The zero-order valence-corrected chi connectivity index (χ0v) is 14.4. The maximum Gasteiger partial charge on any atom is 0.319 e. The molecule has 4 rings (SSSR count). The standard InChI is InChI=1S/C19H18N6O2/c26-18(13-1-8-17(21-11-13)25-10-9-20-12-25)22-14-2-4-15(5-3-14)23-19(27)24-16-6-7-16/h1-5,8-12,16H,6-7H2,(H,22,26)(H2,23,24,27). The minimum atomic E-state index is -0.258. The number of nitrogens with zero attached hydrogens (tertiary/aromatic N) is 3. The van der Waals surface area contributed by atoms with Crippen molar-refractivity contribution in [3.8, 4) is 5.82 Å². The molecule has 0 atom stereocenters. The molecule has 1 fully saturated rings. The van der Waals surface area contributed by atoms with E-state index in [-0.39, 0.29) is 11.9 Å². The van der Waals surface area contributed by atoms with Crippen LogP contribution in [-0.2, 0) is 0 Å². The average Bonchev–Trinajstić information content (AvgIpc) is 3.32. The fourth-order valence-corrected chi connectivity index (χ4v) is 2.49. The second-order valence-electron chi connectivity index (χ2n) is 6.28. The minimum absolute atomic E-state index is 0.210. The molecular formula is C19H18N6O2. The summed E-state index contributed by atoms with van der Waals surface area (Å²) in [7, 11) is 0. The van der Waals surface area contributed by atoms with Gasteiger partial charge in [0.1, 0.15) is 12.1 Å². The number of amides is 3. The van der Waals surface area contributed by atoms with Gasteiger partial charge in [0.05, 0.1) is 5.56 Å². The highest BCUT2D eigenvalue weighted by atomic mass is 16.2. The van der Waals surface area contributed by atoms with Crippen LogP contribution in [0.5, 0.6) is 0 Å². The lowest BCUT2D eigenvalue weighted by molar-refractivity contribution is 0.102. The number of benzene rings is 1. The van der Waals surface area contributed by atoms with Gasteiger partial charge in [-0.15, -0.1) is 0 Å². The number of hydrogen-bond donors (Lipinski definition) is 3. The van der Waals surface area contributed by atoms with Crippen LogP contribution in [0, 0.1) is 0 Å². The molecule has 3 aromatic rings. The number of anilines is 2. The van der Waals surface area contributed by atoms with Crippen LogP contribution in [0.15, 0.2) is 61.3 Å². The maximum absolute atomic E-state index is 12.4. The first-order chi connectivity index (χ1) is 13.2. The summed E-state index contributed by atoms with van der Waals surface area (Å²) < 4.78 is 1.76. The Hall–Kier alpha value is -3.68. The molecule has 27 heavy (non-hydrogen) atoms. The molecule has 1 saturated carbocycles. The number of carbonyl (C=O) groups excluding carboxylic acids is 2. The molecule has 8 heteroatoms. The number of rotatable bonds is 5. The Bertz CT molecular complexity index is 931. The van der Waals surface area contributed by atoms with Crippen LogP contribution in [0.4, 0.5) is 16.2 Å². The SMILES string of the molecule is O=C(Nc1ccc(NC(=O)c2ccc(-n3ccnc3)nc2)cc1)NC1CC1. The maximum atomic E-state index is 12.4. The lowest BCUT2D eigenvalue weighted by Crippen LogP contribution is -2.30. The smallest absolute Gasteiger partial charge is 0.319 e. The van der Waals surface area contributed by atoms with Gasteiger partial charge >= 0.3 is 6.03 Å². The third-order valence-corrected chi connectivity index (χ3v) is 4.09. The van der Waals surface area contributed by atoms with Crippen LogP contribution >= 0.6 is 0 Å². The fourth-order valence-electron chi connectivity index (χ4n) is 2.49. The summed E-state index contributed by atoms with van der Waals surface area (Å²) in [6.45, 7) is 0. The van der Waals surface area contributed by atoms with Crippen LogP contribution in [-0.4, -0.2) is 32.5 Å². The van der Waals surface area contributed by atoms with Gasteiger partial charge in [0.2, 0.25) is 0 Å². The lowest BCUT2D eigenvalue weighted by Gasteiger charge is -2.09. The molecule has 0 spiro atoms. The van der Waals surface area contributed by atoms with Gasteiger partial charge in [0.15, 0.2) is 0 Å². The Kier molecular flexibility index (Phi) is 4.52. The van der Waals surface area contributed by atoms with E-state index in [9.17, 15) is 9.59 Å². The topological polar surface area (TPSA) is 101 Å². The van der Waals surface area contributed by atoms with Crippen LogP contribution in [0.25, 0.3) is 5.82 Å². The van der Waals surface area contributed by atoms with Crippen molar-refractivity contribution in [1.82, 2.24) is 19.9 Å². The normalized spacial score (nSPS) is 13.0. The molecule has 2 aromatic heterocycles. The third kappa shape index (κ3) is 4.30. The largest absolute Gasteiger partial charge is 0.335 e. The number of pyridine rings is 1. The summed E-state index contributed by atoms with van der Waals surface area (Å²) in [5.74, 6) is 0.427. The Morgan fingerprint density at radius 3 is 2.33 bits per heavy atom. The Morgan fingerprint density at radius 1 is 1.00 bits per heavy atom. The number of hydrogen-bond acceptors (Lipinski definition) is 4. The predicted molar refractivity (Wildman–Crippen MR) is 101 cm³/mol. The molecule has 1 aliphatic rings. The molecule has 2 heterocycles. The van der Waals surface area contributed by atoms with E-state index in [0.29, 0.717) is 28.8 Å². The lowest BCUT2D eigenvalue weighted by atomic mass is 10.2. The molecule has 0 aliphatic heterocycles. The van der Waals surface area contributed by atoms with Crippen molar-refractivity contribution in [3.05, 3.63) is 66.9 Å². The van der Waals surface area contributed by atoms with Crippen molar-refractivity contribution >= 4 is 23.3 Å². The Labute approximate surface area is 155 Å². The quantitative estimate of drug-likeness (QED) is 0.650. The number of urea groups is 1. The van der Waals surface area contributed by atoms with Crippen molar-refractivity contribution in [2.45, 2.75) is 18.9 Å². The van der Waals surface area contributed by atoms with Crippen molar-refractivity contribution in [1.29, 1.82) is 0 Å². The van der Waals surface area contributed by atoms with Crippen LogP contribution in [0.2, 0.25) is 0 Å². The summed E-state index contributed by atoms with van der Waals surface area (Å²) in [6, 6.07) is 10.5. The van der Waals surface area contributed by atoms with Crippen LogP contribution in [0.3, 0.4) is 0 Å². The van der Waals surface area contributed by atoms with Crippen LogP contribution in [0.1, 0.15) is 23.2 Å². The highest BCUT2D eigenvalue weighted by molar-refractivity contribution is 6.04. The minimum Gasteiger partial charge on any atom is -0.335 e. The fraction of sp³-hybridized carbons (Fsp3) is 0.158. The molecule has 0 radical (unpaired) electrons. The summed E-state index contributed by atoms with van der Waals surface area (Å²) in [6.07, 6.45) is 8.68. The number of nitrogens with one attached hydrogen (secondary N) is 3. The zero-order chi connectivity index (χ0) is 18.6. The van der Waals surface area contributed by atoms with Crippen molar-refractivity contribution in [2.24, 2.45) is 0 Å². The number of carbonyl (C=O) groups is 2. The van der Waals surface area contributed by atoms with Gasteiger partial charge in [-0.1, -0.05) is 0 Å². The molecule has 136 valence electrons. The molecule has 0 saturated heterocycles. The average molecular weight is 362 g/mol. The summed E-state index contributed by atoms with van der Waals surface area (Å²) >= 11 is 0. The molecular weight excluding hydrogens is 344 g/mol. The molecule has 1 aromatic carbocycles. The molecule has 0 unspecified atom stereocenters. The van der Waals surface area contributed by atoms with Crippen molar-refractivity contribution in [3.63, 3.8) is 0 Å². The molecule has 1 aliphatic carbocycles. The highest BCUT2D eigenvalue weighted by Crippen LogP contribution is 2.19. The van der Waals surface area contributed by atoms with E-state index in [4.69, 9.17) is 0 Å². The van der Waals surface area contributed by atoms with E-state index < -0.39 is 0 Å². The van der Waals surface area contributed by atoms with Crippen molar-refractivity contribution in [2.75, 3.05) is 10.6 Å². The van der Waals surface area contributed by atoms with Crippen LogP contribution < -0.4 is 16.0 Å². The Morgan fingerprint density at radius 2 is 1.74 bits per heavy atom. The number of aromatic nitrogens is 3. The van der Waals surface area contributed by atoms with Gasteiger partial charge in [-0.3, -0.25) is 9.36 Å². The van der Waals surface area contributed by atoms with Gasteiger partial charge in [0, 0.05) is 36.0 Å². The van der Waals surface area contributed by atoms with Gasteiger partial charge < -0.3 is 16.0 Å². The molecule has 8 nitrogen and oxygen atoms in total. The van der Waals surface area contributed by atoms with Gasteiger partial charge in [-0.25, -0.2) is 14.8 Å². The predicted octanol–water partition coefficient (Wildman–Crippen LogP) is 2.80.